The van der Waals surface area contributed by atoms with Gasteiger partial charge in [-0.3, -0.25) is 4.79 Å². The molecule has 0 unspecified atom stereocenters. The van der Waals surface area contributed by atoms with E-state index in [1.54, 1.807) is 14.2 Å². The van der Waals surface area contributed by atoms with Gasteiger partial charge in [-0.1, -0.05) is 0 Å². The molecule has 0 saturated carbocycles. The van der Waals surface area contributed by atoms with Crippen LogP contribution in [-0.4, -0.2) is 33.8 Å². The van der Waals surface area contributed by atoms with E-state index in [-0.39, 0.29) is 17.9 Å². The van der Waals surface area contributed by atoms with Crippen molar-refractivity contribution in [3.63, 3.8) is 0 Å². The highest BCUT2D eigenvalue weighted by Gasteiger charge is 2.35. The highest BCUT2D eigenvalue weighted by atomic mass is 16.5. The number of hydrogen-bond acceptors (Lipinski definition) is 5. The molecule has 19 heavy (non-hydrogen) atoms. The van der Waals surface area contributed by atoms with Crippen molar-refractivity contribution in [3.05, 3.63) is 23.8 Å². The second kappa shape index (κ2) is 5.93. The van der Waals surface area contributed by atoms with Crippen molar-refractivity contribution < 1.29 is 19.0 Å². The van der Waals surface area contributed by atoms with Crippen LogP contribution in [0.5, 0.6) is 11.5 Å². The Morgan fingerprint density at radius 2 is 1.79 bits per heavy atom. The molecule has 1 fully saturated rings. The Morgan fingerprint density at radius 1 is 1.16 bits per heavy atom. The highest BCUT2D eigenvalue weighted by molar-refractivity contribution is 5.74. The summed E-state index contributed by atoms with van der Waals surface area (Å²) >= 11 is 0. The maximum absolute atomic E-state index is 11.8. The number of methoxy groups -OCH3 is 3. The largest absolute Gasteiger partial charge is 0.497 e. The minimum atomic E-state index is -0.184. The second-order valence-electron chi connectivity index (χ2n) is 4.50. The number of ether oxygens (including phenoxy) is 3. The van der Waals surface area contributed by atoms with Crippen molar-refractivity contribution >= 4 is 5.97 Å². The minimum absolute atomic E-state index is 0.0588. The number of benzene rings is 1. The molecule has 2 rings (SSSR count). The van der Waals surface area contributed by atoms with E-state index in [2.05, 4.69) is 5.32 Å². The summed E-state index contributed by atoms with van der Waals surface area (Å²) in [6, 6.07) is 5.59. The lowest BCUT2D eigenvalue weighted by Crippen LogP contribution is -2.24. The first-order valence-corrected chi connectivity index (χ1v) is 6.23. The van der Waals surface area contributed by atoms with Gasteiger partial charge < -0.3 is 19.5 Å². The summed E-state index contributed by atoms with van der Waals surface area (Å²) in [7, 11) is 4.64. The Balaban J connectivity index is 2.31. The fourth-order valence-corrected chi connectivity index (χ4v) is 2.47. The Labute approximate surface area is 112 Å². The molecule has 1 saturated heterocycles. The van der Waals surface area contributed by atoms with E-state index in [0.29, 0.717) is 11.5 Å². The van der Waals surface area contributed by atoms with Crippen LogP contribution in [0.1, 0.15) is 18.0 Å². The van der Waals surface area contributed by atoms with Crippen LogP contribution in [0, 0.1) is 5.92 Å². The number of nitrogens with one attached hydrogen (secondary N) is 1. The first-order valence-electron chi connectivity index (χ1n) is 6.23. The van der Waals surface area contributed by atoms with Gasteiger partial charge in [-0.05, 0) is 30.7 Å². The van der Waals surface area contributed by atoms with Crippen LogP contribution in [0.2, 0.25) is 0 Å². The number of rotatable bonds is 4. The normalized spacial score (nSPS) is 22.1. The fourth-order valence-electron chi connectivity index (χ4n) is 2.47. The van der Waals surface area contributed by atoms with Gasteiger partial charge in [0.05, 0.1) is 27.2 Å². The first-order chi connectivity index (χ1) is 9.19. The van der Waals surface area contributed by atoms with Crippen molar-refractivity contribution in [2.24, 2.45) is 5.92 Å². The van der Waals surface area contributed by atoms with Crippen molar-refractivity contribution in [2.75, 3.05) is 27.9 Å². The van der Waals surface area contributed by atoms with Gasteiger partial charge in [0.25, 0.3) is 0 Å². The lowest BCUT2D eigenvalue weighted by atomic mass is 9.94. The standard InChI is InChI=1S/C14H19NO4/c1-17-10-6-9(7-11(8-10)18-2)13-12(4-5-15-13)14(16)19-3/h6-8,12-13,15H,4-5H2,1-3H3/t12-,13+/m0/s1. The monoisotopic (exact) mass is 265 g/mol. The molecule has 5 nitrogen and oxygen atoms in total. The first kappa shape index (κ1) is 13.7. The summed E-state index contributed by atoms with van der Waals surface area (Å²) in [5, 5.41) is 3.33. The van der Waals surface area contributed by atoms with Gasteiger partial charge in [-0.15, -0.1) is 0 Å². The molecule has 0 bridgehead atoms. The fraction of sp³-hybridized carbons (Fsp3) is 0.500. The van der Waals surface area contributed by atoms with Crippen molar-refractivity contribution in [3.8, 4) is 11.5 Å². The third-order valence-electron chi connectivity index (χ3n) is 3.46. The topological polar surface area (TPSA) is 56.8 Å². The third-order valence-corrected chi connectivity index (χ3v) is 3.46. The Bertz CT molecular complexity index is 439. The van der Waals surface area contributed by atoms with E-state index in [1.165, 1.54) is 7.11 Å². The summed E-state index contributed by atoms with van der Waals surface area (Å²) < 4.78 is 15.4. The van der Waals surface area contributed by atoms with Crippen molar-refractivity contribution in [2.45, 2.75) is 12.5 Å². The average molecular weight is 265 g/mol. The summed E-state index contributed by atoms with van der Waals surface area (Å²) in [6.45, 7) is 0.796. The zero-order chi connectivity index (χ0) is 13.8. The summed E-state index contributed by atoms with van der Waals surface area (Å²) in [6.07, 6.45) is 0.775. The van der Waals surface area contributed by atoms with E-state index >= 15 is 0 Å². The van der Waals surface area contributed by atoms with Crippen LogP contribution in [-0.2, 0) is 9.53 Å². The molecule has 1 aromatic rings. The maximum atomic E-state index is 11.8. The SMILES string of the molecule is COC(=O)[C@H]1CCN[C@@H]1c1cc(OC)cc(OC)c1. The van der Waals surface area contributed by atoms with Gasteiger partial charge >= 0.3 is 5.97 Å². The Hall–Kier alpha value is -1.75. The van der Waals surface area contributed by atoms with Gasteiger partial charge in [0.2, 0.25) is 0 Å². The van der Waals surface area contributed by atoms with Crippen molar-refractivity contribution in [1.82, 2.24) is 5.32 Å². The molecule has 0 spiro atoms. The summed E-state index contributed by atoms with van der Waals surface area (Å²) in [4.78, 5) is 11.8. The molecule has 1 heterocycles. The molecule has 5 heteroatoms. The zero-order valence-electron chi connectivity index (χ0n) is 11.4. The number of hydrogen-bond donors (Lipinski definition) is 1. The predicted octanol–water partition coefficient (Wildman–Crippen LogP) is 1.53. The van der Waals surface area contributed by atoms with Crippen molar-refractivity contribution in [1.29, 1.82) is 0 Å². The zero-order valence-corrected chi connectivity index (χ0v) is 11.4. The Morgan fingerprint density at radius 3 is 2.32 bits per heavy atom. The van der Waals surface area contributed by atoms with Gasteiger partial charge in [-0.2, -0.15) is 0 Å². The van der Waals surface area contributed by atoms with E-state index in [0.717, 1.165) is 18.5 Å². The smallest absolute Gasteiger partial charge is 0.310 e. The van der Waals surface area contributed by atoms with Gasteiger partial charge in [0.15, 0.2) is 0 Å². The van der Waals surface area contributed by atoms with Crippen LogP contribution in [0.3, 0.4) is 0 Å². The van der Waals surface area contributed by atoms with Crippen LogP contribution >= 0.6 is 0 Å². The maximum Gasteiger partial charge on any atom is 0.310 e. The Kier molecular flexibility index (Phi) is 4.27. The second-order valence-corrected chi connectivity index (χ2v) is 4.50. The van der Waals surface area contributed by atoms with E-state index in [4.69, 9.17) is 14.2 Å². The molecule has 1 aromatic carbocycles. The van der Waals surface area contributed by atoms with Gasteiger partial charge in [0, 0.05) is 12.1 Å². The van der Waals surface area contributed by atoms with E-state index < -0.39 is 0 Å². The molecule has 0 aromatic heterocycles. The van der Waals surface area contributed by atoms with Gasteiger partial charge in [-0.25, -0.2) is 0 Å². The third kappa shape index (κ3) is 2.81. The van der Waals surface area contributed by atoms with Crippen LogP contribution < -0.4 is 14.8 Å². The van der Waals surface area contributed by atoms with Gasteiger partial charge in [0.1, 0.15) is 11.5 Å². The number of carbonyl (C=O) groups excluding carboxylic acids is 1. The molecule has 0 radical (unpaired) electrons. The molecular weight excluding hydrogens is 246 g/mol. The lowest BCUT2D eigenvalue weighted by molar-refractivity contribution is -0.145. The molecule has 1 N–H and O–H groups in total. The molecular formula is C14H19NO4. The highest BCUT2D eigenvalue weighted by Crippen LogP contribution is 2.34. The van der Waals surface area contributed by atoms with Crippen LogP contribution in [0.15, 0.2) is 18.2 Å². The lowest BCUT2D eigenvalue weighted by Gasteiger charge is -2.19. The number of carbonyl (C=O) groups is 1. The van der Waals surface area contributed by atoms with E-state index in [1.807, 2.05) is 18.2 Å². The quantitative estimate of drug-likeness (QED) is 0.837. The molecule has 104 valence electrons. The van der Waals surface area contributed by atoms with Crippen LogP contribution in [0.25, 0.3) is 0 Å². The van der Waals surface area contributed by atoms with Crippen LogP contribution in [0.4, 0.5) is 0 Å². The molecule has 2 atom stereocenters. The molecule has 0 amide bonds. The molecule has 1 aliphatic rings. The number of esters is 1. The summed E-state index contributed by atoms with van der Waals surface area (Å²) in [5.41, 5.74) is 0.976. The molecule has 1 aliphatic heterocycles. The predicted molar refractivity (Wildman–Crippen MR) is 70.4 cm³/mol. The molecule has 0 aliphatic carbocycles. The minimum Gasteiger partial charge on any atom is -0.497 e. The average Bonchev–Trinajstić information content (AvgIpc) is 2.95. The van der Waals surface area contributed by atoms with E-state index in [9.17, 15) is 4.79 Å². The summed E-state index contributed by atoms with van der Waals surface area (Å²) in [5.74, 6) is 1.08.